The molecule has 172 valence electrons. The second-order valence-corrected chi connectivity index (χ2v) is 9.56. The Kier molecular flexibility index (Phi) is 5.97. The summed E-state index contributed by atoms with van der Waals surface area (Å²) < 4.78 is 0. The Morgan fingerprint density at radius 3 is 2.44 bits per heavy atom. The Hall–Kier alpha value is -2.90. The van der Waals surface area contributed by atoms with Gasteiger partial charge in [-0.05, 0) is 38.3 Å². The summed E-state index contributed by atoms with van der Waals surface area (Å²) >= 11 is 0. The zero-order valence-electron chi connectivity index (χ0n) is 19.1. The summed E-state index contributed by atoms with van der Waals surface area (Å²) in [6, 6.07) is 7.46. The third-order valence-corrected chi connectivity index (χ3v) is 7.17. The van der Waals surface area contributed by atoms with Gasteiger partial charge >= 0.3 is 0 Å². The van der Waals surface area contributed by atoms with Gasteiger partial charge in [-0.3, -0.25) is 19.2 Å². The molecular weight excluding hydrogens is 408 g/mol. The van der Waals surface area contributed by atoms with Crippen LogP contribution in [0.2, 0.25) is 0 Å². The number of piperidine rings is 1. The molecule has 1 atom stereocenters. The fourth-order valence-electron chi connectivity index (χ4n) is 5.32. The molecule has 0 aliphatic carbocycles. The van der Waals surface area contributed by atoms with Gasteiger partial charge in [0.15, 0.2) is 0 Å². The smallest absolute Gasteiger partial charge is 0.254 e. The summed E-state index contributed by atoms with van der Waals surface area (Å²) in [5.74, 6) is -0.127. The van der Waals surface area contributed by atoms with Gasteiger partial charge in [0.25, 0.3) is 5.91 Å². The molecule has 1 N–H and O–H groups in total. The Morgan fingerprint density at radius 2 is 1.84 bits per heavy atom. The lowest BCUT2D eigenvalue weighted by Crippen LogP contribution is -2.58. The van der Waals surface area contributed by atoms with Crippen molar-refractivity contribution in [3.8, 4) is 0 Å². The van der Waals surface area contributed by atoms with Crippen LogP contribution in [-0.2, 0) is 20.9 Å². The molecule has 8 heteroatoms. The maximum Gasteiger partial charge on any atom is 0.254 e. The van der Waals surface area contributed by atoms with Crippen molar-refractivity contribution in [2.45, 2.75) is 70.6 Å². The Morgan fingerprint density at radius 1 is 1.16 bits per heavy atom. The molecule has 3 heterocycles. The highest BCUT2D eigenvalue weighted by atomic mass is 16.2. The molecule has 0 aromatic heterocycles. The molecule has 3 aliphatic heterocycles. The fourth-order valence-corrected chi connectivity index (χ4v) is 5.32. The highest BCUT2D eigenvalue weighted by Gasteiger charge is 2.47. The predicted octanol–water partition coefficient (Wildman–Crippen LogP) is 1.54. The van der Waals surface area contributed by atoms with Crippen LogP contribution in [0.5, 0.6) is 0 Å². The average molecular weight is 441 g/mol. The van der Waals surface area contributed by atoms with Gasteiger partial charge in [0.1, 0.15) is 0 Å². The lowest BCUT2D eigenvalue weighted by molar-refractivity contribution is -0.132. The van der Waals surface area contributed by atoms with E-state index in [4.69, 9.17) is 0 Å². The quantitative estimate of drug-likeness (QED) is 0.752. The number of likely N-dealkylation sites (tertiary alicyclic amines) is 2. The van der Waals surface area contributed by atoms with Crippen molar-refractivity contribution >= 4 is 23.6 Å². The fraction of sp³-hybridized carbons (Fsp3) is 0.583. The van der Waals surface area contributed by atoms with Gasteiger partial charge in [-0.15, -0.1) is 0 Å². The van der Waals surface area contributed by atoms with E-state index in [9.17, 15) is 19.2 Å². The van der Waals surface area contributed by atoms with E-state index in [1.807, 2.05) is 43.0 Å². The summed E-state index contributed by atoms with van der Waals surface area (Å²) in [6.45, 7) is 7.52. The molecule has 1 aromatic carbocycles. The molecule has 2 fully saturated rings. The van der Waals surface area contributed by atoms with Gasteiger partial charge in [-0.1, -0.05) is 18.2 Å². The number of rotatable bonds is 5. The summed E-state index contributed by atoms with van der Waals surface area (Å²) in [4.78, 5) is 55.9. The van der Waals surface area contributed by atoms with Crippen molar-refractivity contribution in [3.63, 3.8) is 0 Å². The second-order valence-electron chi connectivity index (χ2n) is 9.56. The summed E-state index contributed by atoms with van der Waals surface area (Å²) in [5.41, 5.74) is 1.02. The van der Waals surface area contributed by atoms with E-state index in [0.717, 1.165) is 5.56 Å². The number of nitrogens with zero attached hydrogens (tertiary/aromatic N) is 3. The molecule has 8 nitrogen and oxygen atoms in total. The van der Waals surface area contributed by atoms with Crippen molar-refractivity contribution in [2.75, 3.05) is 19.6 Å². The largest absolute Gasteiger partial charge is 0.351 e. The highest BCUT2D eigenvalue weighted by molar-refractivity contribution is 5.99. The van der Waals surface area contributed by atoms with E-state index >= 15 is 0 Å². The van der Waals surface area contributed by atoms with Crippen LogP contribution in [0.1, 0.15) is 62.4 Å². The monoisotopic (exact) mass is 440 g/mol. The van der Waals surface area contributed by atoms with Crippen LogP contribution < -0.4 is 5.32 Å². The van der Waals surface area contributed by atoms with Gasteiger partial charge < -0.3 is 20.0 Å². The molecular formula is C24H32N4O4. The van der Waals surface area contributed by atoms with Crippen LogP contribution in [0.15, 0.2) is 24.3 Å². The van der Waals surface area contributed by atoms with Crippen molar-refractivity contribution in [1.29, 1.82) is 0 Å². The molecule has 32 heavy (non-hydrogen) atoms. The van der Waals surface area contributed by atoms with E-state index in [0.29, 0.717) is 51.0 Å². The first-order valence-corrected chi connectivity index (χ1v) is 11.4. The molecule has 0 spiro atoms. The lowest BCUT2D eigenvalue weighted by atomic mass is 9.82. The number of hydrogen-bond donors (Lipinski definition) is 1. The van der Waals surface area contributed by atoms with Crippen molar-refractivity contribution in [3.05, 3.63) is 35.4 Å². The maximum absolute atomic E-state index is 13.3. The van der Waals surface area contributed by atoms with Crippen LogP contribution in [0, 0.1) is 0 Å². The van der Waals surface area contributed by atoms with Crippen molar-refractivity contribution in [2.24, 2.45) is 0 Å². The average Bonchev–Trinajstić information content (AvgIpc) is 3.28. The van der Waals surface area contributed by atoms with E-state index in [2.05, 4.69) is 5.32 Å². The number of carbonyl (C=O) groups is 4. The van der Waals surface area contributed by atoms with Crippen LogP contribution in [0.4, 0.5) is 0 Å². The topological polar surface area (TPSA) is 90.0 Å². The Labute approximate surface area is 188 Å². The SMILES string of the molecule is CC(=O)N1CCC(CC(=O)NC2CC(=O)N(C(C)C)C2)(N2Cc3ccccc3C2=O)CC1. The van der Waals surface area contributed by atoms with Gasteiger partial charge in [0.2, 0.25) is 17.7 Å². The van der Waals surface area contributed by atoms with E-state index in [1.165, 1.54) is 0 Å². The number of carbonyl (C=O) groups excluding carboxylic acids is 4. The third kappa shape index (κ3) is 4.10. The van der Waals surface area contributed by atoms with Gasteiger partial charge in [-0.2, -0.15) is 0 Å². The lowest BCUT2D eigenvalue weighted by Gasteiger charge is -2.47. The zero-order valence-corrected chi connectivity index (χ0v) is 19.1. The number of benzene rings is 1. The first kappa shape index (κ1) is 22.3. The molecule has 0 saturated carbocycles. The summed E-state index contributed by atoms with van der Waals surface area (Å²) in [7, 11) is 0. The third-order valence-electron chi connectivity index (χ3n) is 7.17. The Balaban J connectivity index is 1.51. The van der Waals surface area contributed by atoms with Gasteiger partial charge in [0, 0.05) is 51.1 Å². The second kappa shape index (κ2) is 8.56. The van der Waals surface area contributed by atoms with Gasteiger partial charge in [-0.25, -0.2) is 0 Å². The van der Waals surface area contributed by atoms with E-state index < -0.39 is 5.54 Å². The normalized spacial score (nSPS) is 22.5. The number of nitrogens with one attached hydrogen (secondary N) is 1. The predicted molar refractivity (Wildman–Crippen MR) is 119 cm³/mol. The molecule has 4 amide bonds. The standard InChI is InChI=1S/C24H32N4O4/c1-16(2)27-15-19(12-22(27)31)25-21(30)13-24(8-10-26(11-9-24)17(3)29)28-14-18-6-4-5-7-20(18)23(28)32/h4-7,16,19H,8-15H2,1-3H3,(H,25,30). The molecule has 2 saturated heterocycles. The molecule has 1 unspecified atom stereocenters. The number of hydrogen-bond acceptors (Lipinski definition) is 4. The molecule has 4 rings (SSSR count). The maximum atomic E-state index is 13.3. The zero-order chi connectivity index (χ0) is 23.0. The van der Waals surface area contributed by atoms with Crippen molar-refractivity contribution in [1.82, 2.24) is 20.0 Å². The number of amides is 4. The molecule has 3 aliphatic rings. The van der Waals surface area contributed by atoms with Crippen LogP contribution in [0.3, 0.4) is 0 Å². The molecule has 1 aromatic rings. The molecule has 0 radical (unpaired) electrons. The van der Waals surface area contributed by atoms with Crippen LogP contribution in [0.25, 0.3) is 0 Å². The first-order chi connectivity index (χ1) is 15.2. The summed E-state index contributed by atoms with van der Waals surface area (Å²) in [6.07, 6.45) is 1.59. The van der Waals surface area contributed by atoms with Gasteiger partial charge in [0.05, 0.1) is 18.0 Å². The minimum absolute atomic E-state index is 0.0114. The highest BCUT2D eigenvalue weighted by Crippen LogP contribution is 2.38. The van der Waals surface area contributed by atoms with Crippen LogP contribution >= 0.6 is 0 Å². The molecule has 0 bridgehead atoms. The minimum atomic E-state index is -0.646. The first-order valence-electron chi connectivity index (χ1n) is 11.4. The Bertz CT molecular complexity index is 936. The van der Waals surface area contributed by atoms with E-state index in [-0.39, 0.29) is 42.1 Å². The number of fused-ring (bicyclic) bond motifs is 1. The van der Waals surface area contributed by atoms with E-state index in [1.54, 1.807) is 16.7 Å². The summed E-state index contributed by atoms with van der Waals surface area (Å²) in [5, 5.41) is 3.04. The van der Waals surface area contributed by atoms with Crippen LogP contribution in [-0.4, -0.2) is 75.6 Å². The minimum Gasteiger partial charge on any atom is -0.351 e. The van der Waals surface area contributed by atoms with Crippen molar-refractivity contribution < 1.29 is 19.2 Å².